The highest BCUT2D eigenvalue weighted by molar-refractivity contribution is 6.08. The van der Waals surface area contributed by atoms with E-state index in [9.17, 15) is 19.5 Å². The maximum absolute atomic E-state index is 12.6. The van der Waals surface area contributed by atoms with E-state index in [4.69, 9.17) is 14.2 Å². The summed E-state index contributed by atoms with van der Waals surface area (Å²) in [4.78, 5) is 36.9. The number of aliphatic hydroxyl groups is 1. The molecule has 5 rings (SSSR count). The number of ether oxygens (including phenoxy) is 3. The first-order valence-electron chi connectivity index (χ1n) is 18.1. The minimum Gasteiger partial charge on any atom is -0.463 e. The summed E-state index contributed by atoms with van der Waals surface area (Å²) >= 11 is 0. The van der Waals surface area contributed by atoms with Gasteiger partial charge in [0.05, 0.1) is 0 Å². The van der Waals surface area contributed by atoms with Gasteiger partial charge in [-0.3, -0.25) is 9.59 Å². The van der Waals surface area contributed by atoms with Crippen LogP contribution < -0.4 is 0 Å². The molecule has 0 bridgehead atoms. The molecular formula is C44H48O7. The van der Waals surface area contributed by atoms with E-state index >= 15 is 0 Å². The Morgan fingerprint density at radius 2 is 1.18 bits per heavy atom. The SMILES string of the molecule is O=C(CCCCCCC/C=C\CCCc1ccc(C(=O)c2ccccc2)cc1)OC[C@@H](O)COC(=O)OCC1c2ccccc2-c2ccccc21. The molecule has 51 heavy (non-hydrogen) atoms. The quantitative estimate of drug-likeness (QED) is 0.0428. The Bertz CT molecular complexity index is 1680. The zero-order valence-corrected chi connectivity index (χ0v) is 29.2. The van der Waals surface area contributed by atoms with E-state index in [1.165, 1.54) is 5.56 Å². The summed E-state index contributed by atoms with van der Waals surface area (Å²) in [6, 6.07) is 33.4. The second kappa shape index (κ2) is 20.0. The number of ketones is 1. The van der Waals surface area contributed by atoms with Crippen molar-refractivity contribution in [3.63, 3.8) is 0 Å². The lowest BCUT2D eigenvalue weighted by atomic mass is 9.98. The van der Waals surface area contributed by atoms with Gasteiger partial charge in [-0.15, -0.1) is 0 Å². The van der Waals surface area contributed by atoms with Crippen LogP contribution in [0.1, 0.15) is 96.3 Å². The van der Waals surface area contributed by atoms with Gasteiger partial charge in [0.2, 0.25) is 0 Å². The molecule has 1 aliphatic carbocycles. The van der Waals surface area contributed by atoms with Crippen LogP contribution >= 0.6 is 0 Å². The highest BCUT2D eigenvalue weighted by Gasteiger charge is 2.29. The van der Waals surface area contributed by atoms with Gasteiger partial charge in [-0.2, -0.15) is 0 Å². The van der Waals surface area contributed by atoms with Crippen molar-refractivity contribution in [2.24, 2.45) is 0 Å². The van der Waals surface area contributed by atoms with Gasteiger partial charge >= 0.3 is 12.1 Å². The first kappa shape index (κ1) is 37.3. The van der Waals surface area contributed by atoms with Crippen LogP contribution in [0.4, 0.5) is 4.79 Å². The lowest BCUT2D eigenvalue weighted by Gasteiger charge is -2.15. The lowest BCUT2D eigenvalue weighted by Crippen LogP contribution is -2.26. The molecule has 1 atom stereocenters. The molecule has 0 saturated carbocycles. The van der Waals surface area contributed by atoms with Gasteiger partial charge in [-0.25, -0.2) is 4.79 Å². The number of hydrogen-bond acceptors (Lipinski definition) is 7. The molecule has 0 radical (unpaired) electrons. The molecule has 1 N–H and O–H groups in total. The summed E-state index contributed by atoms with van der Waals surface area (Å²) in [6.45, 7) is -0.415. The number of carbonyl (C=O) groups excluding carboxylic acids is 3. The largest absolute Gasteiger partial charge is 0.508 e. The van der Waals surface area contributed by atoms with Crippen LogP contribution in [0.2, 0.25) is 0 Å². The standard InChI is InChI=1S/C44H48O7/c45-36(31-50-44(48)51-32-41-39-23-16-14-21-37(39)38-22-15-17-24-40(38)41)30-49-42(46)25-13-8-6-4-2-1-3-5-7-10-18-33-26-28-35(29-27-33)43(47)34-19-11-9-12-20-34/h3,5,9,11-12,14-17,19-24,26-29,36,41,45H,1-2,4,6-8,10,13,18,25,30-32H2/b5-3-/t36-/m1/s1. The number of unbranched alkanes of at least 4 members (excludes halogenated alkanes) is 6. The molecule has 7 nitrogen and oxygen atoms in total. The van der Waals surface area contributed by atoms with Crippen molar-refractivity contribution in [3.05, 3.63) is 143 Å². The highest BCUT2D eigenvalue weighted by Crippen LogP contribution is 2.44. The zero-order valence-electron chi connectivity index (χ0n) is 29.2. The molecule has 4 aromatic carbocycles. The number of allylic oxidation sites excluding steroid dienone is 2. The third-order valence-corrected chi connectivity index (χ3v) is 9.17. The topological polar surface area (TPSA) is 99.1 Å². The van der Waals surface area contributed by atoms with Crippen LogP contribution in [-0.4, -0.2) is 48.9 Å². The van der Waals surface area contributed by atoms with Gasteiger partial charge in [0.25, 0.3) is 0 Å². The Morgan fingerprint density at radius 1 is 0.608 bits per heavy atom. The van der Waals surface area contributed by atoms with Crippen LogP contribution in [0.3, 0.4) is 0 Å². The van der Waals surface area contributed by atoms with Crippen molar-refractivity contribution in [2.75, 3.05) is 19.8 Å². The summed E-state index contributed by atoms with van der Waals surface area (Å²) in [5.41, 5.74) is 7.16. The third kappa shape index (κ3) is 11.5. The zero-order chi connectivity index (χ0) is 35.7. The minimum atomic E-state index is -1.12. The van der Waals surface area contributed by atoms with E-state index in [1.807, 2.05) is 78.9 Å². The van der Waals surface area contributed by atoms with E-state index in [0.717, 1.165) is 85.6 Å². The fourth-order valence-electron chi connectivity index (χ4n) is 6.41. The first-order chi connectivity index (χ1) is 25.0. The average molecular weight is 689 g/mol. The van der Waals surface area contributed by atoms with Gasteiger partial charge in [-0.05, 0) is 66.3 Å². The number of aliphatic hydroxyl groups excluding tert-OH is 1. The molecule has 0 aromatic heterocycles. The van der Waals surface area contributed by atoms with Crippen molar-refractivity contribution in [1.29, 1.82) is 0 Å². The monoisotopic (exact) mass is 688 g/mol. The maximum Gasteiger partial charge on any atom is 0.508 e. The van der Waals surface area contributed by atoms with Crippen LogP contribution in [0.15, 0.2) is 115 Å². The maximum atomic E-state index is 12.6. The molecular weight excluding hydrogens is 640 g/mol. The minimum absolute atomic E-state index is 0.0536. The number of hydrogen-bond donors (Lipinski definition) is 1. The van der Waals surface area contributed by atoms with Crippen molar-refractivity contribution < 1.29 is 33.7 Å². The average Bonchev–Trinajstić information content (AvgIpc) is 3.49. The molecule has 0 fully saturated rings. The number of rotatable bonds is 20. The number of fused-ring (bicyclic) bond motifs is 3. The van der Waals surface area contributed by atoms with Crippen LogP contribution in [0.5, 0.6) is 0 Å². The summed E-state index contributed by atoms with van der Waals surface area (Å²) < 4.78 is 15.6. The lowest BCUT2D eigenvalue weighted by molar-refractivity contribution is -0.147. The van der Waals surface area contributed by atoms with Gasteiger partial charge < -0.3 is 19.3 Å². The second-order valence-electron chi connectivity index (χ2n) is 13.0. The molecule has 1 aliphatic rings. The fourth-order valence-corrected chi connectivity index (χ4v) is 6.41. The van der Waals surface area contributed by atoms with E-state index in [1.54, 1.807) is 0 Å². The summed E-state index contributed by atoms with van der Waals surface area (Å²) in [5, 5.41) is 10.1. The van der Waals surface area contributed by atoms with E-state index in [0.29, 0.717) is 12.0 Å². The molecule has 0 spiro atoms. The van der Waals surface area contributed by atoms with Crippen molar-refractivity contribution in [1.82, 2.24) is 0 Å². The van der Waals surface area contributed by atoms with E-state index in [2.05, 4.69) is 36.4 Å². The molecule has 7 heteroatoms. The molecule has 0 amide bonds. The molecule has 0 saturated heterocycles. The first-order valence-corrected chi connectivity index (χ1v) is 18.1. The number of carbonyl (C=O) groups is 3. The summed E-state index contributed by atoms with van der Waals surface area (Å²) in [5.74, 6) is -0.390. The summed E-state index contributed by atoms with van der Waals surface area (Å²) in [7, 11) is 0. The number of aryl methyl sites for hydroxylation is 1. The molecule has 0 heterocycles. The predicted octanol–water partition coefficient (Wildman–Crippen LogP) is 9.40. The van der Waals surface area contributed by atoms with Crippen molar-refractivity contribution >= 4 is 17.9 Å². The third-order valence-electron chi connectivity index (χ3n) is 9.17. The smallest absolute Gasteiger partial charge is 0.463 e. The van der Waals surface area contributed by atoms with Gasteiger partial charge in [-0.1, -0.05) is 135 Å². The van der Waals surface area contributed by atoms with Crippen LogP contribution in [0, 0.1) is 0 Å². The van der Waals surface area contributed by atoms with Crippen LogP contribution in [0.25, 0.3) is 11.1 Å². The highest BCUT2D eigenvalue weighted by atomic mass is 16.7. The predicted molar refractivity (Wildman–Crippen MR) is 199 cm³/mol. The number of esters is 1. The molecule has 0 unspecified atom stereocenters. The molecule has 4 aromatic rings. The van der Waals surface area contributed by atoms with Gasteiger partial charge in [0.1, 0.15) is 25.9 Å². The van der Waals surface area contributed by atoms with Crippen molar-refractivity contribution in [3.8, 4) is 11.1 Å². The Balaban J connectivity index is 0.832. The number of benzene rings is 4. The molecule has 0 aliphatic heterocycles. The Hall–Kier alpha value is -5.01. The molecule has 266 valence electrons. The fraction of sp³-hybridized carbons (Fsp3) is 0.341. The Labute approximate surface area is 301 Å². The normalized spacial score (nSPS) is 12.6. The second-order valence-corrected chi connectivity index (χ2v) is 13.0. The summed E-state index contributed by atoms with van der Waals surface area (Å²) in [6.07, 6.45) is 11.9. The Morgan fingerprint density at radius 3 is 1.88 bits per heavy atom. The Kier molecular flexibility index (Phi) is 14.6. The van der Waals surface area contributed by atoms with Gasteiger partial charge in [0.15, 0.2) is 5.78 Å². The van der Waals surface area contributed by atoms with Crippen LogP contribution in [-0.2, 0) is 25.4 Å². The van der Waals surface area contributed by atoms with Crippen molar-refractivity contribution in [2.45, 2.75) is 76.2 Å². The van der Waals surface area contributed by atoms with Gasteiger partial charge in [0, 0.05) is 23.5 Å². The van der Waals surface area contributed by atoms with E-state index < -0.39 is 12.3 Å². The van der Waals surface area contributed by atoms with E-state index in [-0.39, 0.29) is 37.5 Å².